The molecular formula is C24H22F2N6O9+2. The molecule has 4 N–H and O–H groups in total. The molecule has 1 aliphatic heterocycles. The number of hydrogen-bond donors (Lipinski definition) is 4. The smallest absolute Gasteiger partial charge is 0.348 e. The monoisotopic (exact) mass is 576 g/mol. The number of hydrogen-bond acceptors (Lipinski definition) is 8. The van der Waals surface area contributed by atoms with Crippen LogP contribution >= 0.6 is 0 Å². The van der Waals surface area contributed by atoms with Gasteiger partial charge < -0.3 is 20.1 Å². The zero-order valence-corrected chi connectivity index (χ0v) is 21.2. The van der Waals surface area contributed by atoms with Gasteiger partial charge >= 0.3 is 11.4 Å². The number of rotatable bonds is 9. The summed E-state index contributed by atoms with van der Waals surface area (Å²) in [5.41, 5.74) is -3.89. The highest BCUT2D eigenvalue weighted by molar-refractivity contribution is 5.99. The Labute approximate surface area is 228 Å². The fraction of sp³-hybridized carbons (Fsp3) is 0.208. The third-order valence-corrected chi connectivity index (χ3v) is 6.15. The molecule has 0 spiro atoms. The molecular weight excluding hydrogens is 554 g/mol. The van der Waals surface area contributed by atoms with Gasteiger partial charge in [0.1, 0.15) is 35.6 Å². The van der Waals surface area contributed by atoms with Crippen molar-refractivity contribution in [3.63, 3.8) is 0 Å². The second kappa shape index (κ2) is 11.3. The van der Waals surface area contributed by atoms with Gasteiger partial charge in [0.15, 0.2) is 11.4 Å². The quantitative estimate of drug-likeness (QED) is 0.273. The van der Waals surface area contributed by atoms with Crippen LogP contribution in [0.1, 0.15) is 26.4 Å². The molecule has 2 heterocycles. The van der Waals surface area contributed by atoms with Gasteiger partial charge in [0.2, 0.25) is 5.43 Å². The standard InChI is InChI=1S/C24H20F2N6O9/c1-41-7-6-28-12-30(18-5-4-15(31(37)38)9-19(18)32(39)40)29-11-16(21(33)22(34)20(29)24(28)36)23(35)27-10-13-2-3-14(25)8-17(13)26/h2-5,8-9,11H,6-7,10,12H2,1H3,(H2-2,27,34,35,36,37,38,39,40)/p+2. The van der Waals surface area contributed by atoms with Gasteiger partial charge in [-0.05, 0) is 12.1 Å². The average molecular weight is 576 g/mol. The number of nitrogens with zero attached hydrogens (tertiary/aromatic N) is 5. The molecule has 4 rings (SSSR count). The highest BCUT2D eigenvalue weighted by Crippen LogP contribution is 2.35. The Morgan fingerprint density at radius 2 is 1.83 bits per heavy atom. The van der Waals surface area contributed by atoms with E-state index in [4.69, 9.17) is 4.74 Å². The number of pyridine rings is 1. The van der Waals surface area contributed by atoms with Crippen molar-refractivity contribution in [3.05, 3.63) is 91.1 Å². The van der Waals surface area contributed by atoms with Gasteiger partial charge in [-0.25, -0.2) is 23.9 Å². The van der Waals surface area contributed by atoms with Crippen LogP contribution in [0.5, 0.6) is 5.75 Å². The van der Waals surface area contributed by atoms with E-state index in [0.717, 1.165) is 51.1 Å². The van der Waals surface area contributed by atoms with Gasteiger partial charge in [-0.3, -0.25) is 19.4 Å². The largest absolute Gasteiger partial charge is 0.502 e. The fourth-order valence-corrected chi connectivity index (χ4v) is 4.09. The molecule has 0 radical (unpaired) electrons. The molecule has 0 saturated carbocycles. The number of methoxy groups -OCH3 is 1. The van der Waals surface area contributed by atoms with Crippen molar-refractivity contribution < 1.29 is 48.5 Å². The zero-order chi connectivity index (χ0) is 30.0. The molecule has 0 bridgehead atoms. The van der Waals surface area contributed by atoms with E-state index in [0.29, 0.717) is 6.07 Å². The molecule has 0 unspecified atom stereocenters. The maximum absolute atomic E-state index is 14.0. The molecule has 214 valence electrons. The summed E-state index contributed by atoms with van der Waals surface area (Å²) in [4.78, 5) is 62.5. The van der Waals surface area contributed by atoms with Crippen molar-refractivity contribution in [2.75, 3.05) is 31.9 Å². The number of benzene rings is 2. The number of fused-ring (bicyclic) bond motifs is 1. The van der Waals surface area contributed by atoms with Gasteiger partial charge in [0, 0.05) is 44.1 Å². The average Bonchev–Trinajstić information content (AvgIpc) is 2.93. The van der Waals surface area contributed by atoms with Gasteiger partial charge in [-0.1, -0.05) is 6.07 Å². The van der Waals surface area contributed by atoms with Crippen LogP contribution in [-0.2, 0) is 11.3 Å². The lowest BCUT2D eigenvalue weighted by molar-refractivity contribution is -0.735. The van der Waals surface area contributed by atoms with Crippen molar-refractivity contribution >= 4 is 28.9 Å². The summed E-state index contributed by atoms with van der Waals surface area (Å²) in [5, 5.41) is 33.1. The topological polar surface area (TPSA) is 185 Å². The summed E-state index contributed by atoms with van der Waals surface area (Å²) in [6.07, 6.45) is 0.884. The highest BCUT2D eigenvalue weighted by atomic mass is 19.1. The van der Waals surface area contributed by atoms with Crippen LogP contribution in [0.2, 0.25) is 0 Å². The predicted molar refractivity (Wildman–Crippen MR) is 132 cm³/mol. The number of carbonyl (C=O) groups is 2. The lowest BCUT2D eigenvalue weighted by atomic mass is 10.1. The van der Waals surface area contributed by atoms with E-state index in [-0.39, 0.29) is 31.1 Å². The molecule has 41 heavy (non-hydrogen) atoms. The van der Waals surface area contributed by atoms with E-state index in [1.807, 2.05) is 0 Å². The first-order valence-electron chi connectivity index (χ1n) is 11.7. The van der Waals surface area contributed by atoms with E-state index < -0.39 is 73.7 Å². The van der Waals surface area contributed by atoms with Crippen molar-refractivity contribution in [2.24, 2.45) is 0 Å². The number of nitrogens with one attached hydrogen (secondary N) is 1. The molecule has 2 aromatic carbocycles. The minimum atomic E-state index is -1.25. The Morgan fingerprint density at radius 1 is 1.10 bits per heavy atom. The van der Waals surface area contributed by atoms with E-state index >= 15 is 0 Å². The first-order valence-corrected chi connectivity index (χ1v) is 11.7. The normalized spacial score (nSPS) is 12.7. The van der Waals surface area contributed by atoms with Gasteiger partial charge in [0.25, 0.3) is 21.7 Å². The first kappa shape index (κ1) is 28.6. The zero-order valence-electron chi connectivity index (χ0n) is 21.2. The van der Waals surface area contributed by atoms with E-state index in [1.165, 1.54) is 7.11 Å². The SMILES string of the molecule is COCCN1CN(c2ccc([N+](=O)O)cc2[N+](=O)O)n2cc(C(=O)NCc3ccc(F)cc3F)c(=O)c(O)c2C1=O. The molecule has 3 aromatic rings. The number of anilines is 1. The third kappa shape index (κ3) is 5.50. The molecule has 0 aliphatic carbocycles. The number of aromatic nitrogens is 1. The molecule has 1 aliphatic rings. The molecule has 0 atom stereocenters. The first-order chi connectivity index (χ1) is 19.4. The summed E-state index contributed by atoms with van der Waals surface area (Å²) in [5.74, 6) is -4.87. The van der Waals surface area contributed by atoms with Crippen LogP contribution in [0.15, 0.2) is 47.4 Å². The number of halogens is 2. The van der Waals surface area contributed by atoms with Crippen LogP contribution in [0.4, 0.5) is 25.8 Å². The summed E-state index contributed by atoms with van der Waals surface area (Å²) < 4.78 is 33.1. The van der Waals surface area contributed by atoms with Gasteiger partial charge in [0.05, 0.1) is 16.4 Å². The van der Waals surface area contributed by atoms with Gasteiger partial charge in [-0.2, -0.15) is 0 Å². The lowest BCUT2D eigenvalue weighted by Crippen LogP contribution is -2.53. The second-order valence-corrected chi connectivity index (χ2v) is 8.65. The van der Waals surface area contributed by atoms with E-state index in [1.54, 1.807) is 0 Å². The minimum Gasteiger partial charge on any atom is -0.502 e. The van der Waals surface area contributed by atoms with Crippen molar-refractivity contribution in [1.29, 1.82) is 0 Å². The van der Waals surface area contributed by atoms with Crippen LogP contribution in [0.3, 0.4) is 0 Å². The molecule has 2 amide bonds. The molecule has 17 heteroatoms. The Bertz CT molecular complexity index is 1640. The number of aromatic hydroxyl groups is 1. The van der Waals surface area contributed by atoms with Crippen molar-refractivity contribution in [3.8, 4) is 5.75 Å². The molecule has 15 nitrogen and oxygen atoms in total. The van der Waals surface area contributed by atoms with E-state index in [9.17, 15) is 48.5 Å². The van der Waals surface area contributed by atoms with E-state index in [2.05, 4.69) is 5.32 Å². The van der Waals surface area contributed by atoms with Crippen LogP contribution in [-0.4, -0.2) is 73.7 Å². The van der Waals surface area contributed by atoms with Crippen LogP contribution < -0.4 is 15.8 Å². The third-order valence-electron chi connectivity index (χ3n) is 6.15. The molecule has 1 aromatic heterocycles. The van der Waals surface area contributed by atoms with Crippen molar-refractivity contribution in [2.45, 2.75) is 6.54 Å². The molecule has 0 saturated heterocycles. The second-order valence-electron chi connectivity index (χ2n) is 8.65. The highest BCUT2D eigenvalue weighted by Gasteiger charge is 2.38. The lowest BCUT2D eigenvalue weighted by Gasteiger charge is -2.39. The Morgan fingerprint density at radius 3 is 2.46 bits per heavy atom. The van der Waals surface area contributed by atoms with Crippen LogP contribution in [0, 0.1) is 21.4 Å². The minimum absolute atomic E-state index is 0.0279. The Hall–Kier alpha value is -5.45. The number of amides is 2. The Kier molecular flexibility index (Phi) is 7.90. The summed E-state index contributed by atoms with van der Waals surface area (Å²) in [7, 11) is 1.37. The predicted octanol–water partition coefficient (Wildman–Crippen LogP) is 1.69. The Balaban J connectivity index is 1.84. The number of carbonyl (C=O) groups excluding carboxylic acids is 2. The maximum Gasteiger partial charge on any atom is 0.348 e. The maximum atomic E-state index is 14.0. The van der Waals surface area contributed by atoms with Crippen molar-refractivity contribution in [1.82, 2.24) is 14.9 Å². The van der Waals surface area contributed by atoms with Gasteiger partial charge in [-0.15, -0.1) is 0 Å². The summed E-state index contributed by atoms with van der Waals surface area (Å²) >= 11 is 0. The summed E-state index contributed by atoms with van der Waals surface area (Å²) in [6.45, 7) is -0.863. The number of ether oxygens (including phenoxy) is 1. The summed E-state index contributed by atoms with van der Waals surface area (Å²) in [6, 6.07) is 5.66. The molecule has 0 fully saturated rings. The van der Waals surface area contributed by atoms with Crippen LogP contribution in [0.25, 0.3) is 0 Å². The fourth-order valence-electron chi connectivity index (χ4n) is 4.09.